The van der Waals surface area contributed by atoms with E-state index in [1.54, 1.807) is 43.5 Å². The Morgan fingerprint density at radius 2 is 1.80 bits per heavy atom. The first-order valence-corrected chi connectivity index (χ1v) is 7.59. The molecule has 1 N–H and O–H groups in total. The third-order valence-electron chi connectivity index (χ3n) is 4.14. The molecule has 0 aliphatic carbocycles. The second-order valence-corrected chi connectivity index (χ2v) is 5.61. The molecule has 0 atom stereocenters. The van der Waals surface area contributed by atoms with Crippen LogP contribution in [-0.2, 0) is 6.54 Å². The number of para-hydroxylation sites is 1. The van der Waals surface area contributed by atoms with Gasteiger partial charge in [0.1, 0.15) is 16.8 Å². The quantitative estimate of drug-likeness (QED) is 0.579. The van der Waals surface area contributed by atoms with Gasteiger partial charge in [-0.1, -0.05) is 29.0 Å². The minimum absolute atomic E-state index is 0.0585. The zero-order chi connectivity index (χ0) is 17.6. The maximum atomic E-state index is 12.5. The molecule has 0 bridgehead atoms. The Morgan fingerprint density at radius 1 is 1.08 bits per heavy atom. The summed E-state index contributed by atoms with van der Waals surface area (Å²) >= 11 is 0. The van der Waals surface area contributed by atoms with Gasteiger partial charge >= 0.3 is 11.2 Å². The number of nitrogens with zero attached hydrogens (tertiary/aromatic N) is 2. The lowest BCUT2D eigenvalue weighted by Crippen LogP contribution is -2.38. The Balaban J connectivity index is 2.01. The Bertz CT molecular complexity index is 1200. The number of aromatic nitrogens is 2. The highest BCUT2D eigenvalue weighted by Crippen LogP contribution is 2.26. The lowest BCUT2D eigenvalue weighted by atomic mass is 10.2. The summed E-state index contributed by atoms with van der Waals surface area (Å²) in [4.78, 5) is 24.7. The van der Waals surface area contributed by atoms with E-state index in [9.17, 15) is 14.8 Å². The molecular weight excluding hydrogens is 324 g/mol. The number of benzene rings is 2. The van der Waals surface area contributed by atoms with E-state index >= 15 is 0 Å². The van der Waals surface area contributed by atoms with Crippen molar-refractivity contribution in [2.45, 2.75) is 6.54 Å². The van der Waals surface area contributed by atoms with Gasteiger partial charge < -0.3 is 14.4 Å². The molecule has 7 heteroatoms. The molecule has 2 aromatic heterocycles. The highest BCUT2D eigenvalue weighted by Gasteiger charge is 2.19. The van der Waals surface area contributed by atoms with Crippen LogP contribution in [0, 0.1) is 0 Å². The molecular formula is C18H14N2O5. The highest BCUT2D eigenvalue weighted by molar-refractivity contribution is 6.02. The van der Waals surface area contributed by atoms with E-state index in [0.29, 0.717) is 22.2 Å². The molecule has 0 spiro atoms. The fourth-order valence-corrected chi connectivity index (χ4v) is 2.90. The average Bonchev–Trinajstić information content (AvgIpc) is 3.03. The van der Waals surface area contributed by atoms with Crippen LogP contribution in [0.3, 0.4) is 0 Å². The molecule has 126 valence electrons. The minimum atomic E-state index is -0.873. The van der Waals surface area contributed by atoms with Crippen LogP contribution in [0.5, 0.6) is 5.75 Å². The van der Waals surface area contributed by atoms with Gasteiger partial charge in [-0.25, -0.2) is 4.79 Å². The number of ether oxygens (including phenoxy) is 1. The smallest absolute Gasteiger partial charge is 0.365 e. The average molecular weight is 338 g/mol. The van der Waals surface area contributed by atoms with Crippen molar-refractivity contribution in [2.75, 3.05) is 7.11 Å². The number of methoxy groups -OCH3 is 1. The van der Waals surface area contributed by atoms with Crippen molar-refractivity contribution in [3.05, 3.63) is 74.9 Å². The van der Waals surface area contributed by atoms with Crippen LogP contribution in [0.1, 0.15) is 5.56 Å². The molecule has 0 amide bonds. The van der Waals surface area contributed by atoms with Gasteiger partial charge in [-0.15, -0.1) is 0 Å². The van der Waals surface area contributed by atoms with Gasteiger partial charge in [-0.2, -0.15) is 0 Å². The number of hydrogen-bond donors (Lipinski definition) is 1. The van der Waals surface area contributed by atoms with Gasteiger partial charge in [0.2, 0.25) is 5.58 Å². The topological polar surface area (TPSA) is 86.6 Å². The van der Waals surface area contributed by atoms with Crippen molar-refractivity contribution in [2.24, 2.45) is 0 Å². The van der Waals surface area contributed by atoms with Crippen molar-refractivity contribution < 1.29 is 14.4 Å². The van der Waals surface area contributed by atoms with Crippen LogP contribution in [0.4, 0.5) is 0 Å². The molecule has 0 fully saturated rings. The van der Waals surface area contributed by atoms with Crippen molar-refractivity contribution >= 4 is 22.1 Å². The Labute approximate surface area is 140 Å². The summed E-state index contributed by atoms with van der Waals surface area (Å²) in [5, 5.41) is 10.5. The summed E-state index contributed by atoms with van der Waals surface area (Å²) in [6.45, 7) is 0.170. The van der Waals surface area contributed by atoms with Gasteiger partial charge in [-0.3, -0.25) is 9.36 Å². The zero-order valence-corrected chi connectivity index (χ0v) is 13.3. The number of hydrogen-bond acceptors (Lipinski definition) is 5. The number of furan rings is 1. The standard InChI is InChI=1S/C18H14N2O5/c1-24-12-8-6-11(7-9-12)10-19-15-13-4-2-3-5-14(13)25-16(15)17(21)20(23)18(19)22/h2-9,23H,10H2,1H3. The van der Waals surface area contributed by atoms with E-state index in [-0.39, 0.29) is 16.9 Å². The highest BCUT2D eigenvalue weighted by atomic mass is 16.5. The molecule has 0 radical (unpaired) electrons. The largest absolute Gasteiger partial charge is 0.497 e. The summed E-state index contributed by atoms with van der Waals surface area (Å²) < 4.78 is 12.1. The predicted molar refractivity (Wildman–Crippen MR) is 91.5 cm³/mol. The van der Waals surface area contributed by atoms with E-state index in [0.717, 1.165) is 5.56 Å². The molecule has 0 saturated carbocycles. The van der Waals surface area contributed by atoms with Gasteiger partial charge in [0.15, 0.2) is 0 Å². The second-order valence-electron chi connectivity index (χ2n) is 5.61. The minimum Gasteiger partial charge on any atom is -0.497 e. The fraction of sp³-hybridized carbons (Fsp3) is 0.111. The van der Waals surface area contributed by atoms with E-state index in [1.807, 2.05) is 12.1 Å². The van der Waals surface area contributed by atoms with Crippen LogP contribution < -0.4 is 16.0 Å². The summed E-state index contributed by atoms with van der Waals surface area (Å²) in [6, 6.07) is 14.2. The first kappa shape index (κ1) is 15.1. The monoisotopic (exact) mass is 338 g/mol. The maximum absolute atomic E-state index is 12.5. The fourth-order valence-electron chi connectivity index (χ4n) is 2.90. The molecule has 4 rings (SSSR count). The third-order valence-corrected chi connectivity index (χ3v) is 4.14. The zero-order valence-electron chi connectivity index (χ0n) is 13.3. The van der Waals surface area contributed by atoms with Crippen LogP contribution in [0.15, 0.2) is 62.5 Å². The Kier molecular flexibility index (Phi) is 3.35. The summed E-state index contributed by atoms with van der Waals surface area (Å²) in [5.41, 5.74) is -0.0950. The van der Waals surface area contributed by atoms with Crippen molar-refractivity contribution in [1.82, 2.24) is 9.30 Å². The number of rotatable bonds is 3. The molecule has 2 heterocycles. The molecule has 2 aromatic carbocycles. The van der Waals surface area contributed by atoms with Crippen LogP contribution in [0.25, 0.3) is 22.1 Å². The Hall–Kier alpha value is -3.48. The van der Waals surface area contributed by atoms with Crippen molar-refractivity contribution in [3.8, 4) is 5.75 Å². The van der Waals surface area contributed by atoms with E-state index < -0.39 is 11.2 Å². The summed E-state index contributed by atoms with van der Waals surface area (Å²) in [7, 11) is 1.57. The molecule has 7 nitrogen and oxygen atoms in total. The predicted octanol–water partition coefficient (Wildman–Crippen LogP) is 2.20. The van der Waals surface area contributed by atoms with Gasteiger partial charge in [-0.05, 0) is 29.8 Å². The molecule has 25 heavy (non-hydrogen) atoms. The Morgan fingerprint density at radius 3 is 2.52 bits per heavy atom. The van der Waals surface area contributed by atoms with E-state index in [2.05, 4.69) is 0 Å². The third kappa shape index (κ3) is 2.28. The first-order chi connectivity index (χ1) is 12.1. The van der Waals surface area contributed by atoms with E-state index in [4.69, 9.17) is 9.15 Å². The van der Waals surface area contributed by atoms with Crippen LogP contribution in [-0.4, -0.2) is 21.6 Å². The molecule has 0 saturated heterocycles. The lowest BCUT2D eigenvalue weighted by Gasteiger charge is -2.09. The summed E-state index contributed by atoms with van der Waals surface area (Å²) in [6.07, 6.45) is 0. The summed E-state index contributed by atoms with van der Waals surface area (Å²) in [5.74, 6) is 0.696. The van der Waals surface area contributed by atoms with E-state index in [1.165, 1.54) is 4.57 Å². The number of fused-ring (bicyclic) bond motifs is 3. The van der Waals surface area contributed by atoms with Crippen molar-refractivity contribution in [1.29, 1.82) is 0 Å². The molecule has 4 aromatic rings. The van der Waals surface area contributed by atoms with Crippen LogP contribution in [0.2, 0.25) is 0 Å². The van der Waals surface area contributed by atoms with Crippen molar-refractivity contribution in [3.63, 3.8) is 0 Å². The van der Waals surface area contributed by atoms with Crippen LogP contribution >= 0.6 is 0 Å². The van der Waals surface area contributed by atoms with Gasteiger partial charge in [0, 0.05) is 5.39 Å². The lowest BCUT2D eigenvalue weighted by molar-refractivity contribution is 0.156. The second kappa shape index (κ2) is 5.55. The molecule has 0 aliphatic rings. The normalized spacial score (nSPS) is 11.2. The van der Waals surface area contributed by atoms with Gasteiger partial charge in [0.05, 0.1) is 13.7 Å². The molecule has 0 unspecified atom stereocenters. The maximum Gasteiger partial charge on any atom is 0.365 e. The first-order valence-electron chi connectivity index (χ1n) is 7.59. The SMILES string of the molecule is COc1ccc(Cn2c(=O)n(O)c(=O)c3oc4ccccc4c32)cc1. The van der Waals surface area contributed by atoms with Gasteiger partial charge in [0.25, 0.3) is 0 Å². The molecule has 0 aliphatic heterocycles.